The first-order chi connectivity index (χ1) is 13.3. The fourth-order valence-corrected chi connectivity index (χ4v) is 3.94. The Labute approximate surface area is 173 Å². The largest absolute Gasteiger partial charge is 0.465 e. The molecule has 0 saturated heterocycles. The van der Waals surface area contributed by atoms with Crippen LogP contribution in [-0.4, -0.2) is 24.1 Å². The monoisotopic (exact) mass is 396 g/mol. The van der Waals surface area contributed by atoms with Gasteiger partial charge >= 0.3 is 11.9 Å². The zero-order valence-electron chi connectivity index (χ0n) is 18.9. The molecule has 0 amide bonds. The number of carbonyl (C=O) groups is 2. The molecule has 1 fully saturated rings. The molecule has 4 nitrogen and oxygen atoms in total. The summed E-state index contributed by atoms with van der Waals surface area (Å²) in [7, 11) is 0. The smallest absolute Gasteiger partial charge is 0.310 e. The first kappa shape index (κ1) is 25.0. The summed E-state index contributed by atoms with van der Waals surface area (Å²) in [4.78, 5) is 25.0. The summed E-state index contributed by atoms with van der Waals surface area (Å²) in [6.07, 6.45) is 16.0. The van der Waals surface area contributed by atoms with Gasteiger partial charge in [0.05, 0.1) is 18.4 Å². The number of ether oxygens (including phenoxy) is 2. The topological polar surface area (TPSA) is 52.6 Å². The molecule has 0 aliphatic heterocycles. The first-order valence-corrected chi connectivity index (χ1v) is 11.7. The van der Waals surface area contributed by atoms with Crippen LogP contribution in [0.5, 0.6) is 0 Å². The van der Waals surface area contributed by atoms with Crippen molar-refractivity contribution in [2.24, 2.45) is 11.8 Å². The van der Waals surface area contributed by atoms with Crippen LogP contribution < -0.4 is 0 Å². The first-order valence-electron chi connectivity index (χ1n) is 11.7. The fourth-order valence-electron chi connectivity index (χ4n) is 3.94. The van der Waals surface area contributed by atoms with Gasteiger partial charge in [0.2, 0.25) is 0 Å². The van der Waals surface area contributed by atoms with Gasteiger partial charge in [-0.15, -0.1) is 0 Å². The second kappa shape index (κ2) is 14.0. The summed E-state index contributed by atoms with van der Waals surface area (Å²) >= 11 is 0. The molecule has 164 valence electrons. The van der Waals surface area contributed by atoms with Crippen LogP contribution in [0.2, 0.25) is 0 Å². The van der Waals surface area contributed by atoms with Crippen LogP contribution in [0, 0.1) is 11.8 Å². The molecule has 1 saturated carbocycles. The maximum Gasteiger partial charge on any atom is 0.310 e. The minimum absolute atomic E-state index is 0.202. The molecule has 0 spiro atoms. The highest BCUT2D eigenvalue weighted by Gasteiger charge is 2.39. The average Bonchev–Trinajstić information content (AvgIpc) is 2.64. The molecule has 0 aromatic heterocycles. The molecular formula is C24H44O4. The summed E-state index contributed by atoms with van der Waals surface area (Å²) in [5.41, 5.74) is -0.515. The summed E-state index contributed by atoms with van der Waals surface area (Å²) in [5, 5.41) is 0. The van der Waals surface area contributed by atoms with E-state index in [4.69, 9.17) is 9.47 Å². The Morgan fingerprint density at radius 1 is 0.750 bits per heavy atom. The van der Waals surface area contributed by atoms with E-state index >= 15 is 0 Å². The maximum absolute atomic E-state index is 12.5. The van der Waals surface area contributed by atoms with Gasteiger partial charge in [-0.05, 0) is 40.0 Å². The number of carbonyl (C=O) groups excluding carboxylic acids is 2. The molecule has 2 unspecified atom stereocenters. The SMILES string of the molecule is CCCCCCCCCCCCOC(=O)C1CCCCC1C(=O)OC(C)(C)C. The Balaban J connectivity index is 2.18. The minimum atomic E-state index is -0.515. The predicted octanol–water partition coefficient (Wildman–Crippen LogP) is 6.60. The summed E-state index contributed by atoms with van der Waals surface area (Å²) in [5.74, 6) is -1.11. The van der Waals surface area contributed by atoms with Crippen molar-refractivity contribution >= 4 is 11.9 Å². The van der Waals surface area contributed by atoms with Crippen LogP contribution in [-0.2, 0) is 19.1 Å². The standard InChI is InChI=1S/C24H44O4/c1-5-6-7-8-9-10-11-12-13-16-19-27-22(25)20-17-14-15-18-21(20)23(26)28-24(2,3)4/h20-21H,5-19H2,1-4H3. The van der Waals surface area contributed by atoms with Gasteiger partial charge in [0.15, 0.2) is 0 Å². The van der Waals surface area contributed by atoms with Crippen molar-refractivity contribution in [3.05, 3.63) is 0 Å². The summed E-state index contributed by atoms with van der Waals surface area (Å²) in [6.45, 7) is 8.33. The van der Waals surface area contributed by atoms with Gasteiger partial charge in [0.25, 0.3) is 0 Å². The van der Waals surface area contributed by atoms with Crippen LogP contribution in [0.25, 0.3) is 0 Å². The van der Waals surface area contributed by atoms with Crippen LogP contribution in [0.3, 0.4) is 0 Å². The van der Waals surface area contributed by atoms with Crippen LogP contribution in [0.4, 0.5) is 0 Å². The zero-order chi connectivity index (χ0) is 20.8. The third kappa shape index (κ3) is 11.1. The van der Waals surface area contributed by atoms with E-state index < -0.39 is 5.60 Å². The van der Waals surface area contributed by atoms with Gasteiger partial charge in [0.1, 0.15) is 5.60 Å². The van der Waals surface area contributed by atoms with Gasteiger partial charge in [-0.3, -0.25) is 9.59 Å². The third-order valence-corrected chi connectivity index (χ3v) is 5.52. The lowest BCUT2D eigenvalue weighted by molar-refractivity contribution is -0.170. The van der Waals surface area contributed by atoms with E-state index in [-0.39, 0.29) is 23.8 Å². The van der Waals surface area contributed by atoms with Crippen LogP contribution in [0.1, 0.15) is 118 Å². The summed E-state index contributed by atoms with van der Waals surface area (Å²) in [6, 6.07) is 0. The molecule has 1 aliphatic rings. The van der Waals surface area contributed by atoms with Gasteiger partial charge in [-0.1, -0.05) is 77.6 Å². The van der Waals surface area contributed by atoms with E-state index in [1.807, 2.05) is 20.8 Å². The molecule has 0 N–H and O–H groups in total. The highest BCUT2D eigenvalue weighted by Crippen LogP contribution is 2.33. The van der Waals surface area contributed by atoms with Crippen molar-refractivity contribution in [3.63, 3.8) is 0 Å². The molecule has 0 aromatic rings. The number of unbranched alkanes of at least 4 members (excludes halogenated alkanes) is 9. The lowest BCUT2D eigenvalue weighted by Gasteiger charge is -2.31. The third-order valence-electron chi connectivity index (χ3n) is 5.52. The number of rotatable bonds is 13. The molecule has 28 heavy (non-hydrogen) atoms. The maximum atomic E-state index is 12.5. The molecule has 1 rings (SSSR count). The second-order valence-corrected chi connectivity index (χ2v) is 9.38. The molecule has 0 bridgehead atoms. The van der Waals surface area contributed by atoms with E-state index in [0.717, 1.165) is 38.5 Å². The molecule has 4 heteroatoms. The summed E-state index contributed by atoms with van der Waals surface area (Å²) < 4.78 is 11.0. The van der Waals surface area contributed by atoms with Crippen molar-refractivity contribution in [1.82, 2.24) is 0 Å². The van der Waals surface area contributed by atoms with E-state index in [1.54, 1.807) is 0 Å². The number of hydrogen-bond donors (Lipinski definition) is 0. The van der Waals surface area contributed by atoms with Crippen LogP contribution >= 0.6 is 0 Å². The highest BCUT2D eigenvalue weighted by atomic mass is 16.6. The van der Waals surface area contributed by atoms with Crippen molar-refractivity contribution in [2.75, 3.05) is 6.61 Å². The minimum Gasteiger partial charge on any atom is -0.465 e. The van der Waals surface area contributed by atoms with E-state index in [1.165, 1.54) is 51.4 Å². The Hall–Kier alpha value is -1.06. The van der Waals surface area contributed by atoms with E-state index in [0.29, 0.717) is 6.61 Å². The number of hydrogen-bond acceptors (Lipinski definition) is 4. The normalized spacial score (nSPS) is 20.0. The second-order valence-electron chi connectivity index (χ2n) is 9.38. The molecule has 1 aliphatic carbocycles. The molecule has 0 radical (unpaired) electrons. The Morgan fingerprint density at radius 2 is 1.21 bits per heavy atom. The van der Waals surface area contributed by atoms with Crippen molar-refractivity contribution in [2.45, 2.75) is 123 Å². The fraction of sp³-hybridized carbons (Fsp3) is 0.917. The van der Waals surface area contributed by atoms with Crippen LogP contribution in [0.15, 0.2) is 0 Å². The van der Waals surface area contributed by atoms with Crippen molar-refractivity contribution < 1.29 is 19.1 Å². The molecule has 2 atom stereocenters. The molecule has 0 aromatic carbocycles. The van der Waals surface area contributed by atoms with Gasteiger partial charge in [-0.25, -0.2) is 0 Å². The van der Waals surface area contributed by atoms with Gasteiger partial charge in [-0.2, -0.15) is 0 Å². The van der Waals surface area contributed by atoms with Crippen molar-refractivity contribution in [3.8, 4) is 0 Å². The van der Waals surface area contributed by atoms with E-state index in [2.05, 4.69) is 6.92 Å². The Kier molecular flexibility index (Phi) is 12.5. The molecule has 0 heterocycles. The molecular weight excluding hydrogens is 352 g/mol. The Morgan fingerprint density at radius 3 is 1.71 bits per heavy atom. The lowest BCUT2D eigenvalue weighted by Crippen LogP contribution is -2.38. The quantitative estimate of drug-likeness (QED) is 0.260. The highest BCUT2D eigenvalue weighted by molar-refractivity contribution is 5.82. The van der Waals surface area contributed by atoms with E-state index in [9.17, 15) is 9.59 Å². The van der Waals surface area contributed by atoms with Gasteiger partial charge < -0.3 is 9.47 Å². The average molecular weight is 397 g/mol. The van der Waals surface area contributed by atoms with Gasteiger partial charge in [0, 0.05) is 0 Å². The Bertz CT molecular complexity index is 438. The van der Waals surface area contributed by atoms with Crippen molar-refractivity contribution in [1.29, 1.82) is 0 Å². The lowest BCUT2D eigenvalue weighted by atomic mass is 9.79. The zero-order valence-corrected chi connectivity index (χ0v) is 18.9. The number of esters is 2. The predicted molar refractivity (Wildman–Crippen MR) is 114 cm³/mol.